The van der Waals surface area contributed by atoms with Crippen LogP contribution in [0, 0.1) is 5.82 Å². The molecule has 3 nitrogen and oxygen atoms in total. The Kier molecular flexibility index (Phi) is 3.16. The molecule has 0 bridgehead atoms. The van der Waals surface area contributed by atoms with Crippen LogP contribution in [0.2, 0.25) is 0 Å². The van der Waals surface area contributed by atoms with Crippen molar-refractivity contribution < 1.29 is 9.18 Å². The first-order valence-corrected chi connectivity index (χ1v) is 6.36. The summed E-state index contributed by atoms with van der Waals surface area (Å²) >= 11 is 0. The van der Waals surface area contributed by atoms with Gasteiger partial charge in [-0.1, -0.05) is 30.3 Å². The van der Waals surface area contributed by atoms with E-state index in [1.807, 2.05) is 0 Å². The van der Waals surface area contributed by atoms with Crippen LogP contribution in [0.1, 0.15) is 15.9 Å². The van der Waals surface area contributed by atoms with E-state index in [0.29, 0.717) is 23.2 Å². The highest BCUT2D eigenvalue weighted by molar-refractivity contribution is 6.16. The van der Waals surface area contributed by atoms with Crippen LogP contribution in [0.3, 0.4) is 0 Å². The molecule has 3 rings (SSSR count). The van der Waals surface area contributed by atoms with Gasteiger partial charge in [-0.2, -0.15) is 0 Å². The van der Waals surface area contributed by atoms with Crippen molar-refractivity contribution in [2.24, 2.45) is 10.7 Å². The van der Waals surface area contributed by atoms with Crippen molar-refractivity contribution in [2.75, 3.05) is 13.1 Å². The van der Waals surface area contributed by atoms with Gasteiger partial charge in [0.05, 0.1) is 5.71 Å². The van der Waals surface area contributed by atoms with Crippen LogP contribution in [0.25, 0.3) is 11.1 Å². The summed E-state index contributed by atoms with van der Waals surface area (Å²) in [6.07, 6.45) is 0. The van der Waals surface area contributed by atoms with Gasteiger partial charge in [-0.15, -0.1) is 0 Å². The molecule has 20 heavy (non-hydrogen) atoms. The minimum atomic E-state index is -0.302. The number of carbonyl (C=O) groups is 1. The van der Waals surface area contributed by atoms with Gasteiger partial charge in [-0.05, 0) is 17.7 Å². The van der Waals surface area contributed by atoms with Crippen molar-refractivity contribution in [1.82, 2.24) is 0 Å². The zero-order valence-corrected chi connectivity index (χ0v) is 10.8. The van der Waals surface area contributed by atoms with E-state index < -0.39 is 0 Å². The Morgan fingerprint density at radius 3 is 2.65 bits per heavy atom. The number of halogens is 1. The maximum atomic E-state index is 13.8. The van der Waals surface area contributed by atoms with Crippen LogP contribution in [0.4, 0.5) is 4.39 Å². The molecular formula is C16H13FN2O. The lowest BCUT2D eigenvalue weighted by molar-refractivity contribution is 0.1000. The number of ketones is 1. The van der Waals surface area contributed by atoms with Gasteiger partial charge < -0.3 is 5.73 Å². The van der Waals surface area contributed by atoms with E-state index in [2.05, 4.69) is 4.99 Å². The average molecular weight is 268 g/mol. The van der Waals surface area contributed by atoms with Gasteiger partial charge in [-0.3, -0.25) is 9.79 Å². The van der Waals surface area contributed by atoms with Gasteiger partial charge in [-0.25, -0.2) is 4.39 Å². The summed E-state index contributed by atoms with van der Waals surface area (Å²) < 4.78 is 13.8. The number of rotatable bonds is 2. The maximum absolute atomic E-state index is 13.8. The molecule has 1 aliphatic rings. The first kappa shape index (κ1) is 12.7. The molecule has 0 aromatic heterocycles. The summed E-state index contributed by atoms with van der Waals surface area (Å²) in [6.45, 7) is 0.402. The number of hydrogen-bond acceptors (Lipinski definition) is 3. The van der Waals surface area contributed by atoms with Crippen molar-refractivity contribution in [3.8, 4) is 11.1 Å². The minimum absolute atomic E-state index is 0.0598. The third kappa shape index (κ3) is 2.04. The monoisotopic (exact) mass is 268 g/mol. The summed E-state index contributed by atoms with van der Waals surface area (Å²) in [6, 6.07) is 11.8. The molecule has 2 aromatic carbocycles. The molecular weight excluding hydrogens is 255 g/mol. The SMILES string of the molecule is NCC1=NCC(=O)c2cc(-c3ccccc3F)ccc21. The van der Waals surface area contributed by atoms with E-state index in [4.69, 9.17) is 5.73 Å². The number of benzene rings is 2. The lowest BCUT2D eigenvalue weighted by Crippen LogP contribution is -2.24. The number of carbonyl (C=O) groups excluding carboxylic acids is 1. The molecule has 2 aromatic rings. The Morgan fingerprint density at radius 2 is 1.90 bits per heavy atom. The summed E-state index contributed by atoms with van der Waals surface area (Å²) in [5, 5.41) is 0. The Morgan fingerprint density at radius 1 is 1.10 bits per heavy atom. The van der Waals surface area contributed by atoms with Gasteiger partial charge in [0.25, 0.3) is 0 Å². The Bertz CT molecular complexity index is 722. The summed E-state index contributed by atoms with van der Waals surface area (Å²) in [7, 11) is 0. The topological polar surface area (TPSA) is 55.4 Å². The van der Waals surface area contributed by atoms with Gasteiger partial charge in [0.1, 0.15) is 12.4 Å². The fourth-order valence-corrected chi connectivity index (χ4v) is 2.40. The number of aliphatic imine (C=N–C) groups is 1. The largest absolute Gasteiger partial charge is 0.325 e. The molecule has 0 saturated heterocycles. The van der Waals surface area contributed by atoms with E-state index in [9.17, 15) is 9.18 Å². The zero-order valence-electron chi connectivity index (χ0n) is 10.8. The van der Waals surface area contributed by atoms with E-state index in [1.54, 1.807) is 36.4 Å². The molecule has 0 aliphatic carbocycles. The summed E-state index contributed by atoms with van der Waals surface area (Å²) in [5.41, 5.74) is 8.86. The molecule has 100 valence electrons. The fraction of sp³-hybridized carbons (Fsp3) is 0.125. The summed E-state index contributed by atoms with van der Waals surface area (Å²) in [4.78, 5) is 16.1. The molecule has 0 unspecified atom stereocenters. The van der Waals surface area contributed by atoms with Crippen LogP contribution in [-0.2, 0) is 0 Å². The quantitative estimate of drug-likeness (QED) is 0.909. The third-order valence-electron chi connectivity index (χ3n) is 3.42. The molecule has 0 radical (unpaired) electrons. The van der Waals surface area contributed by atoms with Crippen molar-refractivity contribution in [2.45, 2.75) is 0 Å². The molecule has 0 atom stereocenters. The molecule has 2 N–H and O–H groups in total. The molecule has 1 heterocycles. The predicted octanol–water partition coefficient (Wildman–Crippen LogP) is 2.44. The van der Waals surface area contributed by atoms with Crippen molar-refractivity contribution in [3.63, 3.8) is 0 Å². The lowest BCUT2D eigenvalue weighted by Gasteiger charge is -2.16. The third-order valence-corrected chi connectivity index (χ3v) is 3.42. The minimum Gasteiger partial charge on any atom is -0.325 e. The Labute approximate surface area is 116 Å². The molecule has 0 amide bonds. The van der Waals surface area contributed by atoms with Crippen molar-refractivity contribution >= 4 is 11.5 Å². The van der Waals surface area contributed by atoms with Gasteiger partial charge in [0.15, 0.2) is 5.78 Å². The molecule has 0 spiro atoms. The predicted molar refractivity (Wildman–Crippen MR) is 76.6 cm³/mol. The number of fused-ring (bicyclic) bond motifs is 1. The standard InChI is InChI=1S/C16H13FN2O/c17-14-4-2-1-3-11(14)10-5-6-12-13(7-10)16(20)9-19-15(12)8-18/h1-7H,8-9,18H2. The number of Topliss-reactive ketones (excluding diaryl/α,β-unsaturated/α-hetero) is 1. The Hall–Kier alpha value is -2.33. The summed E-state index contributed by atoms with van der Waals surface area (Å²) in [5.74, 6) is -0.362. The second-order valence-corrected chi connectivity index (χ2v) is 4.63. The van der Waals surface area contributed by atoms with Crippen LogP contribution >= 0.6 is 0 Å². The molecule has 1 aliphatic heterocycles. The van der Waals surface area contributed by atoms with Gasteiger partial charge >= 0.3 is 0 Å². The average Bonchev–Trinajstić information content (AvgIpc) is 2.48. The smallest absolute Gasteiger partial charge is 0.184 e. The highest BCUT2D eigenvalue weighted by Gasteiger charge is 2.20. The van der Waals surface area contributed by atoms with Gasteiger partial charge in [0, 0.05) is 23.2 Å². The maximum Gasteiger partial charge on any atom is 0.184 e. The lowest BCUT2D eigenvalue weighted by atomic mass is 9.92. The van der Waals surface area contributed by atoms with E-state index in [1.165, 1.54) is 6.07 Å². The van der Waals surface area contributed by atoms with Crippen molar-refractivity contribution in [1.29, 1.82) is 0 Å². The second-order valence-electron chi connectivity index (χ2n) is 4.63. The van der Waals surface area contributed by atoms with Gasteiger partial charge in [0.2, 0.25) is 0 Å². The second kappa shape index (κ2) is 4.98. The number of nitrogens with zero attached hydrogens (tertiary/aromatic N) is 1. The number of hydrogen-bond donors (Lipinski definition) is 1. The first-order valence-electron chi connectivity index (χ1n) is 6.36. The van der Waals surface area contributed by atoms with Crippen LogP contribution in [0.15, 0.2) is 47.5 Å². The Balaban J connectivity index is 2.15. The van der Waals surface area contributed by atoms with Crippen LogP contribution in [-0.4, -0.2) is 24.6 Å². The van der Waals surface area contributed by atoms with E-state index >= 15 is 0 Å². The zero-order chi connectivity index (χ0) is 14.1. The van der Waals surface area contributed by atoms with E-state index in [-0.39, 0.29) is 18.1 Å². The van der Waals surface area contributed by atoms with Crippen LogP contribution < -0.4 is 5.73 Å². The molecule has 0 fully saturated rings. The molecule has 4 heteroatoms. The normalized spacial score (nSPS) is 13.9. The highest BCUT2D eigenvalue weighted by Crippen LogP contribution is 2.27. The molecule has 0 saturated carbocycles. The van der Waals surface area contributed by atoms with Crippen molar-refractivity contribution in [3.05, 3.63) is 59.4 Å². The number of nitrogens with two attached hydrogens (primary N) is 1. The highest BCUT2D eigenvalue weighted by atomic mass is 19.1. The van der Waals surface area contributed by atoms with E-state index in [0.717, 1.165) is 11.3 Å². The first-order chi connectivity index (χ1) is 9.70. The fourth-order valence-electron chi connectivity index (χ4n) is 2.40. The van der Waals surface area contributed by atoms with Crippen LogP contribution in [0.5, 0.6) is 0 Å².